The number of ether oxygens (including phenoxy) is 2. The van der Waals surface area contributed by atoms with Gasteiger partial charge in [-0.25, -0.2) is 0 Å². The number of non-ortho nitro benzene ring substituents is 1. The Morgan fingerprint density at radius 1 is 1.21 bits per heavy atom. The molecule has 2 aromatic rings. The van der Waals surface area contributed by atoms with E-state index >= 15 is 0 Å². The molecular formula is C20H24ClN3O5. The first-order valence-electron chi connectivity index (χ1n) is 9.11. The van der Waals surface area contributed by atoms with Gasteiger partial charge >= 0.3 is 0 Å². The van der Waals surface area contributed by atoms with E-state index in [-0.39, 0.29) is 41.4 Å². The molecule has 1 fully saturated rings. The van der Waals surface area contributed by atoms with Crippen molar-refractivity contribution in [1.82, 2.24) is 10.6 Å². The van der Waals surface area contributed by atoms with Crippen molar-refractivity contribution < 1.29 is 19.2 Å². The molecular weight excluding hydrogens is 398 g/mol. The maximum absolute atomic E-state index is 12.9. The van der Waals surface area contributed by atoms with E-state index in [9.17, 15) is 14.9 Å². The van der Waals surface area contributed by atoms with Crippen molar-refractivity contribution in [3.63, 3.8) is 0 Å². The standard InChI is InChI=1S/C20H23N3O5.ClH/c1-13-11-14(9-10-21-13)22-20(24)18-12-15(23(25)26)3-8-19(18)28-17-6-4-16(27-2)5-7-17;/h3-8,12-14,21H,9-11H2,1-2H3,(H,22,24);1H. The molecule has 1 aliphatic heterocycles. The van der Waals surface area contributed by atoms with Gasteiger partial charge in [-0.3, -0.25) is 14.9 Å². The number of carbonyl (C=O) groups is 1. The highest BCUT2D eigenvalue weighted by Gasteiger charge is 2.24. The van der Waals surface area contributed by atoms with Gasteiger partial charge in [-0.2, -0.15) is 0 Å². The second-order valence-electron chi connectivity index (χ2n) is 6.77. The molecule has 0 saturated carbocycles. The van der Waals surface area contributed by atoms with Crippen molar-refractivity contribution >= 4 is 24.0 Å². The average Bonchev–Trinajstić information content (AvgIpc) is 2.68. The van der Waals surface area contributed by atoms with Gasteiger partial charge in [-0.1, -0.05) is 0 Å². The molecule has 156 valence electrons. The molecule has 9 heteroatoms. The van der Waals surface area contributed by atoms with Crippen molar-refractivity contribution in [2.24, 2.45) is 0 Å². The predicted molar refractivity (Wildman–Crippen MR) is 111 cm³/mol. The Labute approximate surface area is 175 Å². The van der Waals surface area contributed by atoms with Crippen LogP contribution >= 0.6 is 12.4 Å². The van der Waals surface area contributed by atoms with Gasteiger partial charge in [0.1, 0.15) is 17.2 Å². The Morgan fingerprint density at radius 3 is 2.52 bits per heavy atom. The Hall–Kier alpha value is -2.84. The number of carbonyl (C=O) groups excluding carboxylic acids is 1. The van der Waals surface area contributed by atoms with Crippen LogP contribution in [-0.4, -0.2) is 36.6 Å². The molecule has 0 radical (unpaired) electrons. The highest BCUT2D eigenvalue weighted by atomic mass is 35.5. The van der Waals surface area contributed by atoms with Gasteiger partial charge in [0, 0.05) is 24.2 Å². The van der Waals surface area contributed by atoms with Crippen LogP contribution in [0.5, 0.6) is 17.2 Å². The molecule has 0 spiro atoms. The van der Waals surface area contributed by atoms with E-state index in [1.807, 2.05) is 0 Å². The summed E-state index contributed by atoms with van der Waals surface area (Å²) in [5, 5.41) is 17.5. The molecule has 0 bridgehead atoms. The van der Waals surface area contributed by atoms with Crippen LogP contribution in [0.3, 0.4) is 0 Å². The zero-order valence-corrected chi connectivity index (χ0v) is 17.0. The second kappa shape index (κ2) is 10.1. The van der Waals surface area contributed by atoms with Gasteiger partial charge in [0.15, 0.2) is 0 Å². The molecule has 0 aromatic heterocycles. The Kier molecular flexibility index (Phi) is 7.81. The number of rotatable bonds is 6. The van der Waals surface area contributed by atoms with Crippen molar-refractivity contribution in [3.8, 4) is 17.2 Å². The normalized spacial score (nSPS) is 18.3. The lowest BCUT2D eigenvalue weighted by Gasteiger charge is -2.28. The largest absolute Gasteiger partial charge is 0.497 e. The minimum absolute atomic E-state index is 0. The molecule has 0 aliphatic carbocycles. The minimum Gasteiger partial charge on any atom is -0.497 e. The number of methoxy groups -OCH3 is 1. The Balaban J connectivity index is 0.00000300. The zero-order chi connectivity index (χ0) is 20.1. The lowest BCUT2D eigenvalue weighted by molar-refractivity contribution is -0.384. The van der Waals surface area contributed by atoms with E-state index in [1.54, 1.807) is 31.4 Å². The molecule has 2 aromatic carbocycles. The van der Waals surface area contributed by atoms with Crippen LogP contribution in [0, 0.1) is 10.1 Å². The number of hydrogen-bond donors (Lipinski definition) is 2. The first-order valence-corrected chi connectivity index (χ1v) is 9.11. The first-order chi connectivity index (χ1) is 13.5. The molecule has 3 rings (SSSR count). The second-order valence-corrected chi connectivity index (χ2v) is 6.77. The molecule has 2 unspecified atom stereocenters. The number of nitrogens with zero attached hydrogens (tertiary/aromatic N) is 1. The topological polar surface area (TPSA) is 103 Å². The van der Waals surface area contributed by atoms with Crippen LogP contribution in [0.2, 0.25) is 0 Å². The van der Waals surface area contributed by atoms with E-state index in [0.717, 1.165) is 19.4 Å². The molecule has 1 amide bonds. The summed E-state index contributed by atoms with van der Waals surface area (Å²) in [5.41, 5.74) is -0.0258. The smallest absolute Gasteiger partial charge is 0.270 e. The van der Waals surface area contributed by atoms with Gasteiger partial charge < -0.3 is 20.1 Å². The molecule has 1 heterocycles. The fourth-order valence-electron chi connectivity index (χ4n) is 3.19. The van der Waals surface area contributed by atoms with Gasteiger partial charge in [0.05, 0.1) is 17.6 Å². The summed E-state index contributed by atoms with van der Waals surface area (Å²) in [6.45, 7) is 2.88. The van der Waals surface area contributed by atoms with Crippen molar-refractivity contribution in [3.05, 3.63) is 58.1 Å². The fourth-order valence-corrected chi connectivity index (χ4v) is 3.19. The number of benzene rings is 2. The van der Waals surface area contributed by atoms with E-state index < -0.39 is 4.92 Å². The molecule has 2 N–H and O–H groups in total. The first kappa shape index (κ1) is 22.4. The third-order valence-electron chi connectivity index (χ3n) is 4.66. The maximum Gasteiger partial charge on any atom is 0.270 e. The van der Waals surface area contributed by atoms with Gasteiger partial charge in [-0.05, 0) is 56.6 Å². The number of nitro benzene ring substituents is 1. The van der Waals surface area contributed by atoms with E-state index in [2.05, 4.69) is 17.6 Å². The van der Waals surface area contributed by atoms with Crippen LogP contribution in [-0.2, 0) is 0 Å². The lowest BCUT2D eigenvalue weighted by atomic mass is 10.00. The molecule has 8 nitrogen and oxygen atoms in total. The highest BCUT2D eigenvalue weighted by Crippen LogP contribution is 2.30. The summed E-state index contributed by atoms with van der Waals surface area (Å²) in [6, 6.07) is 11.2. The van der Waals surface area contributed by atoms with Crippen LogP contribution in [0.4, 0.5) is 5.69 Å². The number of hydrogen-bond acceptors (Lipinski definition) is 6. The van der Waals surface area contributed by atoms with E-state index in [0.29, 0.717) is 17.5 Å². The van der Waals surface area contributed by atoms with Crippen LogP contribution in [0.15, 0.2) is 42.5 Å². The quantitative estimate of drug-likeness (QED) is 0.544. The van der Waals surface area contributed by atoms with E-state index in [1.165, 1.54) is 18.2 Å². The third-order valence-corrected chi connectivity index (χ3v) is 4.66. The third kappa shape index (κ3) is 5.82. The SMILES string of the molecule is COc1ccc(Oc2ccc([N+](=O)[O-])cc2C(=O)NC2CCNC(C)C2)cc1.Cl. The predicted octanol–water partition coefficient (Wildman–Crippen LogP) is 3.69. The van der Waals surface area contributed by atoms with Crippen molar-refractivity contribution in [2.75, 3.05) is 13.7 Å². The van der Waals surface area contributed by atoms with Crippen LogP contribution in [0.1, 0.15) is 30.1 Å². The lowest BCUT2D eigenvalue weighted by Crippen LogP contribution is -2.46. The van der Waals surface area contributed by atoms with Gasteiger partial charge in [0.2, 0.25) is 0 Å². The summed E-state index contributed by atoms with van der Waals surface area (Å²) in [7, 11) is 1.57. The Bertz CT molecular complexity index is 860. The number of piperidine rings is 1. The molecule has 1 saturated heterocycles. The van der Waals surface area contributed by atoms with Gasteiger partial charge in [-0.15, -0.1) is 12.4 Å². The summed E-state index contributed by atoms with van der Waals surface area (Å²) in [4.78, 5) is 23.5. The van der Waals surface area contributed by atoms with E-state index in [4.69, 9.17) is 9.47 Å². The minimum atomic E-state index is -0.527. The number of nitro groups is 1. The maximum atomic E-state index is 12.9. The van der Waals surface area contributed by atoms with Crippen molar-refractivity contribution in [2.45, 2.75) is 31.8 Å². The number of halogens is 1. The van der Waals surface area contributed by atoms with Gasteiger partial charge in [0.25, 0.3) is 11.6 Å². The monoisotopic (exact) mass is 421 g/mol. The van der Waals surface area contributed by atoms with Crippen LogP contribution < -0.4 is 20.1 Å². The molecule has 29 heavy (non-hydrogen) atoms. The van der Waals surface area contributed by atoms with Crippen molar-refractivity contribution in [1.29, 1.82) is 0 Å². The van der Waals surface area contributed by atoms with Crippen LogP contribution in [0.25, 0.3) is 0 Å². The molecule has 1 aliphatic rings. The average molecular weight is 422 g/mol. The number of amides is 1. The summed E-state index contributed by atoms with van der Waals surface area (Å²) in [5.74, 6) is 1.05. The number of nitrogens with one attached hydrogen (secondary N) is 2. The zero-order valence-electron chi connectivity index (χ0n) is 16.2. The Morgan fingerprint density at radius 2 is 1.90 bits per heavy atom. The summed E-state index contributed by atoms with van der Waals surface area (Å²) in [6.07, 6.45) is 1.61. The highest BCUT2D eigenvalue weighted by molar-refractivity contribution is 5.98. The fraction of sp³-hybridized carbons (Fsp3) is 0.350. The summed E-state index contributed by atoms with van der Waals surface area (Å²) >= 11 is 0. The summed E-state index contributed by atoms with van der Waals surface area (Å²) < 4.78 is 10.9. The molecule has 2 atom stereocenters.